The summed E-state index contributed by atoms with van der Waals surface area (Å²) < 4.78 is 25.2. The van der Waals surface area contributed by atoms with Gasteiger partial charge in [-0.1, -0.05) is 12.2 Å². The first kappa shape index (κ1) is 20.6. The molecule has 0 spiro atoms. The van der Waals surface area contributed by atoms with Crippen molar-refractivity contribution in [2.45, 2.75) is 45.2 Å². The van der Waals surface area contributed by atoms with Crippen LogP contribution in [0, 0.1) is 0 Å². The Hall–Kier alpha value is -0.350. The van der Waals surface area contributed by atoms with Gasteiger partial charge in [0.25, 0.3) is 0 Å². The van der Waals surface area contributed by atoms with E-state index in [1.165, 1.54) is 0 Å². The van der Waals surface area contributed by atoms with E-state index in [2.05, 4.69) is 32.5 Å². The number of guanidine groups is 1. The van der Waals surface area contributed by atoms with E-state index in [0.29, 0.717) is 12.6 Å². The zero-order valence-corrected chi connectivity index (χ0v) is 16.3. The topological polar surface area (TPSA) is 82.6 Å². The molecule has 124 valence electrons. The van der Waals surface area contributed by atoms with Crippen LogP contribution in [0.5, 0.6) is 0 Å². The predicted octanol–water partition coefficient (Wildman–Crippen LogP) is 1.21. The molecular formula is C13H27IN4O2S. The zero-order chi connectivity index (χ0) is 15.2. The van der Waals surface area contributed by atoms with Gasteiger partial charge in [0, 0.05) is 18.1 Å². The van der Waals surface area contributed by atoms with Crippen molar-refractivity contribution in [1.82, 2.24) is 15.4 Å². The molecule has 0 unspecified atom stereocenters. The molecule has 0 saturated heterocycles. The third kappa shape index (κ3) is 9.30. The number of halogens is 1. The van der Waals surface area contributed by atoms with Crippen molar-refractivity contribution in [2.75, 3.05) is 19.3 Å². The lowest BCUT2D eigenvalue weighted by Gasteiger charge is -2.24. The fourth-order valence-electron chi connectivity index (χ4n) is 2.06. The molecule has 1 rings (SSSR count). The molecule has 0 aromatic carbocycles. The monoisotopic (exact) mass is 430 g/mol. The molecule has 0 aromatic heterocycles. The fourth-order valence-corrected chi connectivity index (χ4v) is 3.13. The molecule has 1 aliphatic carbocycles. The number of hydrogen-bond donors (Lipinski definition) is 3. The maximum Gasteiger partial charge on any atom is 0.209 e. The van der Waals surface area contributed by atoms with Gasteiger partial charge in [0.05, 0.1) is 12.8 Å². The van der Waals surface area contributed by atoms with Crippen molar-refractivity contribution in [3.05, 3.63) is 12.2 Å². The summed E-state index contributed by atoms with van der Waals surface area (Å²) in [6.07, 6.45) is 7.45. The van der Waals surface area contributed by atoms with E-state index in [4.69, 9.17) is 0 Å². The van der Waals surface area contributed by atoms with Crippen LogP contribution in [-0.4, -0.2) is 45.3 Å². The Morgan fingerprint density at radius 3 is 2.38 bits per heavy atom. The van der Waals surface area contributed by atoms with Gasteiger partial charge in [-0.2, -0.15) is 0 Å². The van der Waals surface area contributed by atoms with E-state index in [-0.39, 0.29) is 24.0 Å². The first-order valence-corrected chi connectivity index (χ1v) is 8.80. The Bertz CT molecular complexity index is 467. The molecule has 0 fully saturated rings. The van der Waals surface area contributed by atoms with E-state index in [1.807, 2.05) is 20.8 Å². The van der Waals surface area contributed by atoms with Crippen LogP contribution < -0.4 is 15.4 Å². The Balaban J connectivity index is 0.00000400. The van der Waals surface area contributed by atoms with Crippen molar-refractivity contribution < 1.29 is 8.42 Å². The first-order valence-electron chi connectivity index (χ1n) is 6.90. The number of nitrogens with zero attached hydrogens (tertiary/aromatic N) is 1. The molecule has 0 bridgehead atoms. The maximum absolute atomic E-state index is 11.3. The number of aliphatic imine (C=N–C) groups is 1. The van der Waals surface area contributed by atoms with Crippen LogP contribution in [0.3, 0.4) is 0 Å². The summed E-state index contributed by atoms with van der Waals surface area (Å²) in [5.41, 5.74) is -0.607. The third-order valence-corrected chi connectivity index (χ3v) is 3.71. The molecule has 1 aliphatic rings. The molecule has 3 N–H and O–H groups in total. The largest absolute Gasteiger partial charge is 0.357 e. The van der Waals surface area contributed by atoms with Crippen molar-refractivity contribution >= 4 is 40.0 Å². The molecule has 21 heavy (non-hydrogen) atoms. The maximum atomic E-state index is 11.3. The molecule has 0 aliphatic heterocycles. The molecule has 0 radical (unpaired) electrons. The molecule has 0 saturated carbocycles. The van der Waals surface area contributed by atoms with Crippen LogP contribution in [0.15, 0.2) is 17.1 Å². The highest BCUT2D eigenvalue weighted by Crippen LogP contribution is 2.09. The van der Waals surface area contributed by atoms with Gasteiger partial charge in [0.1, 0.15) is 0 Å². The second kappa shape index (κ2) is 8.94. The van der Waals surface area contributed by atoms with E-state index in [9.17, 15) is 8.42 Å². The van der Waals surface area contributed by atoms with Gasteiger partial charge < -0.3 is 10.6 Å². The normalized spacial score (nSPS) is 16.7. The second-order valence-electron chi connectivity index (χ2n) is 5.74. The lowest BCUT2D eigenvalue weighted by atomic mass is 10.1. The number of hydrogen-bond acceptors (Lipinski definition) is 3. The van der Waals surface area contributed by atoms with E-state index in [0.717, 1.165) is 31.6 Å². The Morgan fingerprint density at radius 2 is 1.90 bits per heavy atom. The average molecular weight is 430 g/mol. The van der Waals surface area contributed by atoms with Crippen molar-refractivity contribution in [3.63, 3.8) is 0 Å². The fraction of sp³-hybridized carbons (Fsp3) is 0.769. The highest BCUT2D eigenvalue weighted by molar-refractivity contribution is 14.0. The van der Waals surface area contributed by atoms with Crippen molar-refractivity contribution in [2.24, 2.45) is 4.99 Å². The Kier molecular flexibility index (Phi) is 8.79. The van der Waals surface area contributed by atoms with Crippen LogP contribution in [0.4, 0.5) is 0 Å². The highest BCUT2D eigenvalue weighted by atomic mass is 127. The lowest BCUT2D eigenvalue weighted by Crippen LogP contribution is -2.47. The van der Waals surface area contributed by atoms with Gasteiger partial charge in [-0.05, 0) is 33.6 Å². The highest BCUT2D eigenvalue weighted by Gasteiger charge is 2.22. The Labute approximate surface area is 145 Å². The van der Waals surface area contributed by atoms with Crippen LogP contribution in [-0.2, 0) is 10.0 Å². The summed E-state index contributed by atoms with van der Waals surface area (Å²) >= 11 is 0. The van der Waals surface area contributed by atoms with E-state index >= 15 is 0 Å². The van der Waals surface area contributed by atoms with Crippen LogP contribution in [0.1, 0.15) is 33.6 Å². The summed E-state index contributed by atoms with van der Waals surface area (Å²) in [6, 6.07) is 0.374. The lowest BCUT2D eigenvalue weighted by molar-refractivity contribution is 0.464. The second-order valence-corrected chi connectivity index (χ2v) is 7.49. The minimum atomic E-state index is -3.23. The molecule has 8 heteroatoms. The quantitative estimate of drug-likeness (QED) is 0.256. The SMILES string of the molecule is CCNC(=NCC(C)(C)NS(C)(=O)=O)NC1CC=CC1.I. The van der Waals surface area contributed by atoms with Crippen LogP contribution >= 0.6 is 24.0 Å². The smallest absolute Gasteiger partial charge is 0.209 e. The average Bonchev–Trinajstić information content (AvgIpc) is 2.76. The first-order chi connectivity index (χ1) is 9.22. The molecule has 0 atom stereocenters. The standard InChI is InChI=1S/C13H26N4O2S.HI/c1-5-14-12(16-11-8-6-7-9-11)15-10-13(2,3)17-20(4,18)19;/h6-7,11,17H,5,8-10H2,1-4H3,(H2,14,15,16);1H. The summed E-state index contributed by atoms with van der Waals surface area (Å²) in [5.74, 6) is 0.726. The van der Waals surface area contributed by atoms with Crippen LogP contribution in [0.2, 0.25) is 0 Å². The molecular weight excluding hydrogens is 403 g/mol. The Morgan fingerprint density at radius 1 is 1.33 bits per heavy atom. The van der Waals surface area contributed by atoms with Crippen molar-refractivity contribution in [1.29, 1.82) is 0 Å². The minimum Gasteiger partial charge on any atom is -0.357 e. The van der Waals surface area contributed by atoms with Crippen molar-refractivity contribution in [3.8, 4) is 0 Å². The minimum absolute atomic E-state index is 0. The van der Waals surface area contributed by atoms with E-state index < -0.39 is 15.6 Å². The van der Waals surface area contributed by atoms with Gasteiger partial charge >= 0.3 is 0 Å². The summed E-state index contributed by atoms with van der Waals surface area (Å²) in [4.78, 5) is 4.47. The number of rotatable bonds is 6. The van der Waals surface area contributed by atoms with Gasteiger partial charge in [-0.15, -0.1) is 24.0 Å². The third-order valence-electron chi connectivity index (χ3n) is 2.79. The van der Waals surface area contributed by atoms with E-state index in [1.54, 1.807) is 0 Å². The van der Waals surface area contributed by atoms with Gasteiger partial charge in [-0.25, -0.2) is 13.1 Å². The molecule has 0 aromatic rings. The molecule has 6 nitrogen and oxygen atoms in total. The predicted molar refractivity (Wildman–Crippen MR) is 98.7 cm³/mol. The number of nitrogens with one attached hydrogen (secondary N) is 3. The summed E-state index contributed by atoms with van der Waals surface area (Å²) in [5, 5.41) is 6.53. The molecule has 0 heterocycles. The zero-order valence-electron chi connectivity index (χ0n) is 13.1. The van der Waals surface area contributed by atoms with Gasteiger partial charge in [0.15, 0.2) is 5.96 Å². The molecule has 0 amide bonds. The van der Waals surface area contributed by atoms with Gasteiger partial charge in [-0.3, -0.25) is 4.99 Å². The van der Waals surface area contributed by atoms with Gasteiger partial charge in [0.2, 0.25) is 10.0 Å². The van der Waals surface area contributed by atoms with Crippen LogP contribution in [0.25, 0.3) is 0 Å². The number of sulfonamides is 1. The summed E-state index contributed by atoms with van der Waals surface area (Å²) in [7, 11) is -3.23. The summed E-state index contributed by atoms with van der Waals surface area (Å²) in [6.45, 7) is 6.78.